The highest BCUT2D eigenvalue weighted by molar-refractivity contribution is 5.40. The quantitative estimate of drug-likeness (QED) is 0.629. The molecule has 4 heteroatoms. The van der Waals surface area contributed by atoms with Crippen molar-refractivity contribution in [1.29, 1.82) is 0 Å². The molecule has 2 rings (SSSR count). The zero-order valence-electron chi connectivity index (χ0n) is 12.0. The van der Waals surface area contributed by atoms with Gasteiger partial charge in [-0.25, -0.2) is 0 Å². The number of rotatable bonds is 3. The molecular weight excluding hydrogens is 244 g/mol. The summed E-state index contributed by atoms with van der Waals surface area (Å²) in [6.07, 6.45) is 5.59. The Morgan fingerprint density at radius 1 is 1.32 bits per heavy atom. The van der Waals surface area contributed by atoms with E-state index in [1.54, 1.807) is 6.08 Å². The summed E-state index contributed by atoms with van der Waals surface area (Å²) >= 11 is 0. The van der Waals surface area contributed by atoms with Gasteiger partial charge >= 0.3 is 0 Å². The second-order valence-electron chi connectivity index (χ2n) is 5.21. The average Bonchev–Trinajstić information content (AvgIpc) is 2.75. The molecule has 0 bridgehead atoms. The van der Waals surface area contributed by atoms with Gasteiger partial charge in [-0.15, -0.1) is 0 Å². The first kappa shape index (κ1) is 14.3. The highest BCUT2D eigenvalue weighted by atomic mass is 16.7. The van der Waals surface area contributed by atoms with E-state index in [1.807, 2.05) is 39.8 Å². The average molecular weight is 266 g/mol. The van der Waals surface area contributed by atoms with Crippen LogP contribution in [0.2, 0.25) is 0 Å². The zero-order valence-corrected chi connectivity index (χ0v) is 12.0. The van der Waals surface area contributed by atoms with Gasteiger partial charge in [0.15, 0.2) is 0 Å². The normalized spacial score (nSPS) is 25.2. The maximum absolute atomic E-state index is 8.92. The van der Waals surface area contributed by atoms with Crippen LogP contribution in [0.4, 0.5) is 0 Å². The van der Waals surface area contributed by atoms with Crippen molar-refractivity contribution in [3.8, 4) is 0 Å². The van der Waals surface area contributed by atoms with Crippen LogP contribution in [-0.2, 0) is 14.2 Å². The highest BCUT2D eigenvalue weighted by Gasteiger charge is 2.43. The third kappa shape index (κ3) is 2.61. The lowest BCUT2D eigenvalue weighted by Gasteiger charge is -2.39. The number of aliphatic hydroxyl groups excluding tert-OH is 1. The molecule has 0 aromatic heterocycles. The van der Waals surface area contributed by atoms with Crippen LogP contribution in [0.15, 0.2) is 35.1 Å². The van der Waals surface area contributed by atoms with Gasteiger partial charge in [0.1, 0.15) is 5.60 Å². The Morgan fingerprint density at radius 2 is 1.84 bits per heavy atom. The Bertz CT molecular complexity index is 417. The van der Waals surface area contributed by atoms with Crippen molar-refractivity contribution in [1.82, 2.24) is 0 Å². The fraction of sp³-hybridized carbons (Fsp3) is 0.600. The number of aliphatic hydroxyl groups is 1. The largest absolute Gasteiger partial charge is 0.484 e. The summed E-state index contributed by atoms with van der Waals surface area (Å²) in [5.41, 5.74) is 1.57. The summed E-state index contributed by atoms with van der Waals surface area (Å²) in [5, 5.41) is 8.92. The van der Waals surface area contributed by atoms with Crippen LogP contribution < -0.4 is 0 Å². The van der Waals surface area contributed by atoms with Gasteiger partial charge in [-0.1, -0.05) is 0 Å². The summed E-state index contributed by atoms with van der Waals surface area (Å²) in [5.74, 6) is -0.0132. The van der Waals surface area contributed by atoms with Crippen LogP contribution in [0.5, 0.6) is 0 Å². The fourth-order valence-electron chi connectivity index (χ4n) is 2.50. The number of hydrogen-bond donors (Lipinski definition) is 1. The summed E-state index contributed by atoms with van der Waals surface area (Å²) in [6.45, 7) is 9.06. The molecule has 4 nitrogen and oxygen atoms in total. The molecule has 1 spiro atoms. The molecule has 1 aliphatic carbocycles. The van der Waals surface area contributed by atoms with E-state index in [0.29, 0.717) is 19.0 Å². The summed E-state index contributed by atoms with van der Waals surface area (Å²) in [4.78, 5) is 0. The molecule has 1 heterocycles. The molecule has 1 fully saturated rings. The van der Waals surface area contributed by atoms with Crippen LogP contribution in [0, 0.1) is 0 Å². The number of allylic oxidation sites excluding steroid dienone is 1. The monoisotopic (exact) mass is 266 g/mol. The molecule has 1 saturated heterocycles. The maximum atomic E-state index is 8.92. The Labute approximate surface area is 114 Å². The molecule has 0 saturated carbocycles. The lowest BCUT2D eigenvalue weighted by molar-refractivity contribution is -0.0819. The molecular formula is C15H22O4. The summed E-state index contributed by atoms with van der Waals surface area (Å²) in [7, 11) is 0. The number of ether oxygens (including phenoxy) is 3. The van der Waals surface area contributed by atoms with Gasteiger partial charge in [-0.2, -0.15) is 0 Å². The van der Waals surface area contributed by atoms with E-state index in [2.05, 4.69) is 0 Å². The predicted molar refractivity (Wildman–Crippen MR) is 72.5 cm³/mol. The highest BCUT2D eigenvalue weighted by Crippen LogP contribution is 2.41. The molecule has 1 aliphatic heterocycles. The van der Waals surface area contributed by atoms with Gasteiger partial charge in [0.25, 0.3) is 0 Å². The van der Waals surface area contributed by atoms with Crippen molar-refractivity contribution < 1.29 is 19.3 Å². The topological polar surface area (TPSA) is 47.9 Å². The van der Waals surface area contributed by atoms with Crippen LogP contribution >= 0.6 is 0 Å². The standard InChI is InChI=1S/C15H22O4/c1-11-9-15(17-7-8-18-15)10-12(2)14(11,4)19-13(3)5-6-16/h5,9-10,16H,6-8H2,1-4H3/b13-5-. The minimum Gasteiger partial charge on any atom is -0.484 e. The summed E-state index contributed by atoms with van der Waals surface area (Å²) < 4.78 is 17.4. The van der Waals surface area contributed by atoms with Crippen LogP contribution in [0.3, 0.4) is 0 Å². The van der Waals surface area contributed by atoms with Crippen LogP contribution in [-0.4, -0.2) is 36.3 Å². The minimum absolute atomic E-state index is 0.0242. The SMILES string of the molecule is CC1=CC2(C=C(C)C1(C)O/C(C)=C\CO)OCCO2. The molecule has 1 N–H and O–H groups in total. The predicted octanol–water partition coefficient (Wildman–Crippen LogP) is 2.31. The first-order valence-corrected chi connectivity index (χ1v) is 6.56. The molecule has 0 amide bonds. The maximum Gasteiger partial charge on any atom is 0.208 e. The minimum atomic E-state index is -0.717. The van der Waals surface area contributed by atoms with Crippen molar-refractivity contribution >= 4 is 0 Å². The zero-order chi connectivity index (χ0) is 14.1. The van der Waals surface area contributed by atoms with Crippen molar-refractivity contribution in [3.63, 3.8) is 0 Å². The number of hydrogen-bond acceptors (Lipinski definition) is 4. The van der Waals surface area contributed by atoms with Gasteiger partial charge in [-0.05, 0) is 57.1 Å². The van der Waals surface area contributed by atoms with Crippen molar-refractivity contribution in [3.05, 3.63) is 35.1 Å². The lowest BCUT2D eigenvalue weighted by atomic mass is 9.82. The van der Waals surface area contributed by atoms with Gasteiger partial charge in [-0.3, -0.25) is 0 Å². The second-order valence-corrected chi connectivity index (χ2v) is 5.21. The van der Waals surface area contributed by atoms with E-state index in [0.717, 1.165) is 11.1 Å². The molecule has 19 heavy (non-hydrogen) atoms. The molecule has 106 valence electrons. The smallest absolute Gasteiger partial charge is 0.208 e. The van der Waals surface area contributed by atoms with Gasteiger partial charge in [0.2, 0.25) is 5.79 Å². The third-order valence-electron chi connectivity index (χ3n) is 3.82. The van der Waals surface area contributed by atoms with E-state index in [1.165, 1.54) is 0 Å². The first-order chi connectivity index (χ1) is 8.92. The van der Waals surface area contributed by atoms with Crippen molar-refractivity contribution in [2.24, 2.45) is 0 Å². The second kappa shape index (κ2) is 5.12. The van der Waals surface area contributed by atoms with Crippen LogP contribution in [0.25, 0.3) is 0 Å². The Hall–Kier alpha value is -1.10. The van der Waals surface area contributed by atoms with Gasteiger partial charge < -0.3 is 19.3 Å². The Balaban J connectivity index is 2.28. The summed E-state index contributed by atoms with van der Waals surface area (Å²) in [6, 6.07) is 0. The van der Waals surface area contributed by atoms with Crippen molar-refractivity contribution in [2.75, 3.05) is 19.8 Å². The van der Waals surface area contributed by atoms with E-state index >= 15 is 0 Å². The molecule has 0 unspecified atom stereocenters. The molecule has 0 radical (unpaired) electrons. The Morgan fingerprint density at radius 3 is 2.32 bits per heavy atom. The van der Waals surface area contributed by atoms with Crippen molar-refractivity contribution in [2.45, 2.75) is 39.1 Å². The molecule has 2 aliphatic rings. The third-order valence-corrected chi connectivity index (χ3v) is 3.82. The van der Waals surface area contributed by atoms with Gasteiger partial charge in [0, 0.05) is 0 Å². The molecule has 0 atom stereocenters. The van der Waals surface area contributed by atoms with E-state index in [9.17, 15) is 0 Å². The van der Waals surface area contributed by atoms with E-state index in [4.69, 9.17) is 19.3 Å². The first-order valence-electron chi connectivity index (χ1n) is 6.56. The van der Waals surface area contributed by atoms with Crippen LogP contribution in [0.1, 0.15) is 27.7 Å². The fourth-order valence-corrected chi connectivity index (χ4v) is 2.50. The lowest BCUT2D eigenvalue weighted by Crippen LogP contribution is -2.40. The molecule has 0 aromatic carbocycles. The van der Waals surface area contributed by atoms with Gasteiger partial charge in [0.05, 0.1) is 25.6 Å². The van der Waals surface area contributed by atoms with E-state index < -0.39 is 11.4 Å². The Kier molecular flexibility index (Phi) is 3.85. The van der Waals surface area contributed by atoms with E-state index in [-0.39, 0.29) is 6.61 Å². The molecule has 0 aromatic rings.